The van der Waals surface area contributed by atoms with Gasteiger partial charge in [0.25, 0.3) is 0 Å². The molecular weight excluding hydrogens is 224 g/mol. The maximum absolute atomic E-state index is 11.3. The minimum absolute atomic E-state index is 0.362. The number of ether oxygens (including phenoxy) is 1. The molecule has 0 spiro atoms. The summed E-state index contributed by atoms with van der Waals surface area (Å²) in [7, 11) is 0. The number of hydrogen-bond donors (Lipinski definition) is 3. The van der Waals surface area contributed by atoms with Crippen LogP contribution in [0, 0.1) is 5.92 Å². The first-order valence-corrected chi connectivity index (χ1v) is 5.98. The predicted octanol–water partition coefficient (Wildman–Crippen LogP) is 0.575. The molecule has 0 aromatic rings. The summed E-state index contributed by atoms with van der Waals surface area (Å²) in [5.74, 6) is -0.312. The number of aliphatic carboxylic acids is 1. The van der Waals surface area contributed by atoms with Crippen LogP contribution in [0.3, 0.4) is 0 Å². The number of amides is 2. The lowest BCUT2D eigenvalue weighted by Gasteiger charge is -2.13. The summed E-state index contributed by atoms with van der Waals surface area (Å²) in [5.41, 5.74) is 0. The third kappa shape index (κ3) is 6.11. The van der Waals surface area contributed by atoms with Crippen molar-refractivity contribution >= 4 is 12.0 Å². The average Bonchev–Trinajstić information content (AvgIpc) is 3.09. The zero-order valence-corrected chi connectivity index (χ0v) is 10.1. The molecule has 1 aliphatic carbocycles. The topological polar surface area (TPSA) is 87.7 Å². The Morgan fingerprint density at radius 2 is 2.18 bits per heavy atom. The molecule has 0 radical (unpaired) electrons. The van der Waals surface area contributed by atoms with Crippen LogP contribution in [0.4, 0.5) is 4.79 Å². The van der Waals surface area contributed by atoms with Gasteiger partial charge in [-0.15, -0.1) is 0 Å². The summed E-state index contributed by atoms with van der Waals surface area (Å²) < 4.78 is 5.33. The molecule has 98 valence electrons. The molecule has 0 aromatic carbocycles. The average molecular weight is 244 g/mol. The van der Waals surface area contributed by atoms with Crippen LogP contribution in [-0.4, -0.2) is 42.9 Å². The molecule has 17 heavy (non-hydrogen) atoms. The van der Waals surface area contributed by atoms with Gasteiger partial charge in [0.2, 0.25) is 0 Å². The fraction of sp³-hybridized carbons (Fsp3) is 0.818. The molecule has 2 amide bonds. The van der Waals surface area contributed by atoms with Crippen LogP contribution in [-0.2, 0) is 9.53 Å². The molecule has 0 aromatic heterocycles. The summed E-state index contributed by atoms with van der Waals surface area (Å²) in [4.78, 5) is 21.9. The molecule has 6 heteroatoms. The van der Waals surface area contributed by atoms with Gasteiger partial charge in [0.05, 0.1) is 6.61 Å². The number of nitrogens with one attached hydrogen (secondary N) is 2. The summed E-state index contributed by atoms with van der Waals surface area (Å²) in [6, 6.07) is -1.29. The van der Waals surface area contributed by atoms with Crippen molar-refractivity contribution in [3.63, 3.8) is 0 Å². The molecule has 0 unspecified atom stereocenters. The normalized spacial score (nSPS) is 16.3. The van der Waals surface area contributed by atoms with Crippen LogP contribution in [0.1, 0.15) is 26.2 Å². The van der Waals surface area contributed by atoms with Crippen molar-refractivity contribution in [3.8, 4) is 0 Å². The van der Waals surface area contributed by atoms with E-state index in [-0.39, 0.29) is 0 Å². The molecule has 0 heterocycles. The summed E-state index contributed by atoms with van der Waals surface area (Å²) in [6.07, 6.45) is 2.84. The molecule has 1 aliphatic rings. The van der Waals surface area contributed by atoms with E-state index >= 15 is 0 Å². The summed E-state index contributed by atoms with van der Waals surface area (Å²) >= 11 is 0. The Kier molecular flexibility index (Phi) is 5.76. The highest BCUT2D eigenvalue weighted by Gasteiger charge is 2.21. The summed E-state index contributed by atoms with van der Waals surface area (Å²) in [5, 5.41) is 13.7. The van der Waals surface area contributed by atoms with Gasteiger partial charge in [0.15, 0.2) is 0 Å². The van der Waals surface area contributed by atoms with Gasteiger partial charge in [-0.1, -0.05) is 6.92 Å². The lowest BCUT2D eigenvalue weighted by Crippen LogP contribution is -2.46. The van der Waals surface area contributed by atoms with E-state index in [2.05, 4.69) is 10.6 Å². The second-order valence-electron chi connectivity index (χ2n) is 4.22. The van der Waals surface area contributed by atoms with Crippen molar-refractivity contribution in [3.05, 3.63) is 0 Å². The van der Waals surface area contributed by atoms with E-state index in [0.717, 1.165) is 6.61 Å². The first-order chi connectivity index (χ1) is 8.13. The monoisotopic (exact) mass is 244 g/mol. The van der Waals surface area contributed by atoms with E-state index in [0.29, 0.717) is 25.5 Å². The van der Waals surface area contributed by atoms with Crippen molar-refractivity contribution in [1.29, 1.82) is 0 Å². The Morgan fingerprint density at radius 3 is 2.71 bits per heavy atom. The van der Waals surface area contributed by atoms with Gasteiger partial charge >= 0.3 is 12.0 Å². The Hall–Kier alpha value is -1.30. The molecule has 0 aliphatic heterocycles. The summed E-state index contributed by atoms with van der Waals surface area (Å²) in [6.45, 7) is 3.33. The quantitative estimate of drug-likeness (QED) is 0.545. The van der Waals surface area contributed by atoms with Gasteiger partial charge in [-0.25, -0.2) is 9.59 Å². The van der Waals surface area contributed by atoms with Crippen molar-refractivity contribution in [2.45, 2.75) is 32.2 Å². The number of urea groups is 1. The largest absolute Gasteiger partial charge is 0.480 e. The lowest BCUT2D eigenvalue weighted by molar-refractivity contribution is -0.139. The maximum atomic E-state index is 11.3. The zero-order valence-electron chi connectivity index (χ0n) is 10.1. The molecule has 1 rings (SSSR count). The SMILES string of the molecule is CC[C@@H](NC(=O)NCCOCC1CC1)C(=O)O. The lowest BCUT2D eigenvalue weighted by atomic mass is 10.2. The van der Waals surface area contributed by atoms with E-state index in [1.807, 2.05) is 0 Å². The number of carboxylic acid groups (broad SMARTS) is 1. The van der Waals surface area contributed by atoms with E-state index in [4.69, 9.17) is 9.84 Å². The van der Waals surface area contributed by atoms with Gasteiger partial charge < -0.3 is 20.5 Å². The van der Waals surface area contributed by atoms with E-state index in [1.54, 1.807) is 6.92 Å². The van der Waals surface area contributed by atoms with Gasteiger partial charge in [-0.2, -0.15) is 0 Å². The third-order valence-electron chi connectivity index (χ3n) is 2.59. The Balaban J connectivity index is 2.00. The number of carbonyl (C=O) groups is 2. The molecule has 1 atom stereocenters. The molecule has 0 saturated heterocycles. The molecular formula is C11H20N2O4. The standard InChI is InChI=1S/C11H20N2O4/c1-2-9(10(14)15)13-11(16)12-5-6-17-7-8-3-4-8/h8-9H,2-7H2,1H3,(H,14,15)(H2,12,13,16)/t9-/m1/s1. The highest BCUT2D eigenvalue weighted by molar-refractivity contribution is 5.82. The van der Waals surface area contributed by atoms with Crippen LogP contribution in [0.5, 0.6) is 0 Å². The molecule has 6 nitrogen and oxygen atoms in total. The third-order valence-corrected chi connectivity index (χ3v) is 2.59. The first kappa shape index (κ1) is 13.8. The second kappa shape index (κ2) is 7.11. The highest BCUT2D eigenvalue weighted by atomic mass is 16.5. The van der Waals surface area contributed by atoms with Crippen LogP contribution in [0.25, 0.3) is 0 Å². The van der Waals surface area contributed by atoms with Gasteiger partial charge in [0, 0.05) is 13.2 Å². The molecule has 3 N–H and O–H groups in total. The number of hydrogen-bond acceptors (Lipinski definition) is 3. The second-order valence-corrected chi connectivity index (χ2v) is 4.22. The van der Waals surface area contributed by atoms with Crippen molar-refractivity contribution < 1.29 is 19.4 Å². The van der Waals surface area contributed by atoms with Crippen molar-refractivity contribution in [1.82, 2.24) is 10.6 Å². The number of carboxylic acids is 1. The Bertz CT molecular complexity index is 266. The predicted molar refractivity (Wildman–Crippen MR) is 61.8 cm³/mol. The van der Waals surface area contributed by atoms with Crippen LogP contribution in [0.2, 0.25) is 0 Å². The van der Waals surface area contributed by atoms with Crippen LogP contribution >= 0.6 is 0 Å². The van der Waals surface area contributed by atoms with Crippen LogP contribution < -0.4 is 10.6 Å². The minimum atomic E-state index is -1.02. The van der Waals surface area contributed by atoms with Gasteiger partial charge in [-0.05, 0) is 25.2 Å². The molecule has 1 fully saturated rings. The highest BCUT2D eigenvalue weighted by Crippen LogP contribution is 2.28. The minimum Gasteiger partial charge on any atom is -0.480 e. The fourth-order valence-electron chi connectivity index (χ4n) is 1.32. The van der Waals surface area contributed by atoms with Gasteiger partial charge in [-0.3, -0.25) is 0 Å². The van der Waals surface area contributed by atoms with E-state index in [1.165, 1.54) is 12.8 Å². The van der Waals surface area contributed by atoms with Crippen molar-refractivity contribution in [2.24, 2.45) is 5.92 Å². The van der Waals surface area contributed by atoms with E-state index < -0.39 is 18.0 Å². The zero-order chi connectivity index (χ0) is 12.7. The first-order valence-electron chi connectivity index (χ1n) is 5.98. The molecule has 1 saturated carbocycles. The maximum Gasteiger partial charge on any atom is 0.326 e. The number of rotatable bonds is 8. The van der Waals surface area contributed by atoms with Crippen molar-refractivity contribution in [2.75, 3.05) is 19.8 Å². The van der Waals surface area contributed by atoms with E-state index in [9.17, 15) is 9.59 Å². The fourth-order valence-corrected chi connectivity index (χ4v) is 1.32. The molecule has 0 bridgehead atoms. The van der Waals surface area contributed by atoms with Gasteiger partial charge in [0.1, 0.15) is 6.04 Å². The Labute approximate surface area is 101 Å². The number of carbonyl (C=O) groups excluding carboxylic acids is 1. The Morgan fingerprint density at radius 1 is 1.47 bits per heavy atom. The van der Waals surface area contributed by atoms with Crippen LogP contribution in [0.15, 0.2) is 0 Å². The smallest absolute Gasteiger partial charge is 0.326 e.